The molecule has 1 unspecified atom stereocenters. The lowest BCUT2D eigenvalue weighted by atomic mass is 10.0. The van der Waals surface area contributed by atoms with Gasteiger partial charge in [-0.25, -0.2) is 4.68 Å². The SMILES string of the molecule is CN=C(NCCc1cnn(-c2ccccc2)c1)NCC(c1ccccc1OC)N1CCCC1. The third-order valence-corrected chi connectivity index (χ3v) is 6.13. The van der Waals surface area contributed by atoms with Gasteiger partial charge in [-0.1, -0.05) is 36.4 Å². The van der Waals surface area contributed by atoms with Crippen LogP contribution in [0.25, 0.3) is 5.69 Å². The molecule has 174 valence electrons. The Bertz CT molecular complexity index is 1030. The average molecular weight is 447 g/mol. The van der Waals surface area contributed by atoms with Crippen molar-refractivity contribution < 1.29 is 4.74 Å². The molecule has 3 aromatic rings. The first-order valence-corrected chi connectivity index (χ1v) is 11.7. The fourth-order valence-corrected chi connectivity index (χ4v) is 4.38. The number of aliphatic imine (C=N–C) groups is 1. The van der Waals surface area contributed by atoms with Crippen molar-refractivity contribution in [2.75, 3.05) is 40.3 Å². The molecule has 0 aliphatic carbocycles. The zero-order valence-corrected chi connectivity index (χ0v) is 19.6. The smallest absolute Gasteiger partial charge is 0.191 e. The molecule has 0 bridgehead atoms. The molecule has 0 saturated carbocycles. The van der Waals surface area contributed by atoms with Gasteiger partial charge in [-0.05, 0) is 56.1 Å². The first kappa shape index (κ1) is 22.9. The van der Waals surface area contributed by atoms with Crippen LogP contribution in [0.5, 0.6) is 5.75 Å². The van der Waals surface area contributed by atoms with Crippen LogP contribution in [0.4, 0.5) is 0 Å². The number of hydrogen-bond acceptors (Lipinski definition) is 4. The van der Waals surface area contributed by atoms with E-state index in [0.29, 0.717) is 0 Å². The molecule has 4 rings (SSSR count). The molecule has 2 heterocycles. The lowest BCUT2D eigenvalue weighted by Gasteiger charge is -2.30. The van der Waals surface area contributed by atoms with Gasteiger partial charge in [-0.3, -0.25) is 9.89 Å². The molecule has 1 saturated heterocycles. The summed E-state index contributed by atoms with van der Waals surface area (Å²) in [6.45, 7) is 3.78. The minimum Gasteiger partial charge on any atom is -0.496 e. The van der Waals surface area contributed by atoms with Crippen LogP contribution in [0.3, 0.4) is 0 Å². The van der Waals surface area contributed by atoms with Crippen molar-refractivity contribution in [2.45, 2.75) is 25.3 Å². The number of aromatic nitrogens is 2. The Balaban J connectivity index is 1.33. The summed E-state index contributed by atoms with van der Waals surface area (Å²) in [6.07, 6.45) is 7.37. The highest BCUT2D eigenvalue weighted by molar-refractivity contribution is 5.79. The van der Waals surface area contributed by atoms with Crippen molar-refractivity contribution in [3.63, 3.8) is 0 Å². The molecule has 1 aliphatic rings. The van der Waals surface area contributed by atoms with E-state index in [9.17, 15) is 0 Å². The number of guanidine groups is 1. The number of nitrogens with one attached hydrogen (secondary N) is 2. The Kier molecular flexibility index (Phi) is 7.98. The minimum absolute atomic E-state index is 0.242. The minimum atomic E-state index is 0.242. The van der Waals surface area contributed by atoms with E-state index in [4.69, 9.17) is 4.74 Å². The largest absolute Gasteiger partial charge is 0.496 e. The van der Waals surface area contributed by atoms with Crippen LogP contribution in [0, 0.1) is 0 Å². The monoisotopic (exact) mass is 446 g/mol. The van der Waals surface area contributed by atoms with Crippen molar-refractivity contribution in [1.29, 1.82) is 0 Å². The summed E-state index contributed by atoms with van der Waals surface area (Å²) in [7, 11) is 3.56. The molecule has 33 heavy (non-hydrogen) atoms. The van der Waals surface area contributed by atoms with Crippen LogP contribution >= 0.6 is 0 Å². The Labute approximate surface area is 196 Å². The number of benzene rings is 2. The topological polar surface area (TPSA) is 66.7 Å². The van der Waals surface area contributed by atoms with Gasteiger partial charge in [0.2, 0.25) is 0 Å². The van der Waals surface area contributed by atoms with Gasteiger partial charge < -0.3 is 15.4 Å². The Morgan fingerprint density at radius 2 is 1.82 bits per heavy atom. The standard InChI is InChI=1S/C26H34N6O/c1-27-26(28-15-14-21-18-30-32(20-21)22-10-4-3-5-11-22)29-19-24(31-16-8-9-17-31)23-12-6-7-13-25(23)33-2/h3-7,10-13,18,20,24H,8-9,14-17,19H2,1-2H3,(H2,27,28,29). The molecule has 1 aromatic heterocycles. The van der Waals surface area contributed by atoms with Crippen molar-refractivity contribution in [3.8, 4) is 11.4 Å². The molecular weight excluding hydrogens is 412 g/mol. The van der Waals surface area contributed by atoms with E-state index in [1.807, 2.05) is 48.3 Å². The number of para-hydroxylation sites is 2. The van der Waals surface area contributed by atoms with Crippen LogP contribution in [0.2, 0.25) is 0 Å². The Morgan fingerprint density at radius 3 is 2.58 bits per heavy atom. The van der Waals surface area contributed by atoms with E-state index in [0.717, 1.165) is 50.0 Å². The molecular formula is C26H34N6O. The second-order valence-electron chi connectivity index (χ2n) is 8.26. The van der Waals surface area contributed by atoms with Crippen molar-refractivity contribution in [2.24, 2.45) is 4.99 Å². The van der Waals surface area contributed by atoms with Gasteiger partial charge in [0.25, 0.3) is 0 Å². The summed E-state index contributed by atoms with van der Waals surface area (Å²) in [4.78, 5) is 6.97. The van der Waals surface area contributed by atoms with Crippen molar-refractivity contribution in [3.05, 3.63) is 78.1 Å². The van der Waals surface area contributed by atoms with E-state index in [1.165, 1.54) is 24.0 Å². The third kappa shape index (κ3) is 5.93. The molecule has 0 radical (unpaired) electrons. The number of rotatable bonds is 9. The summed E-state index contributed by atoms with van der Waals surface area (Å²) in [6, 6.07) is 18.7. The highest BCUT2D eigenvalue weighted by atomic mass is 16.5. The molecule has 0 spiro atoms. The maximum absolute atomic E-state index is 5.66. The van der Waals surface area contributed by atoms with Gasteiger partial charge >= 0.3 is 0 Å². The number of likely N-dealkylation sites (tertiary alicyclic amines) is 1. The predicted octanol–water partition coefficient (Wildman–Crippen LogP) is 3.43. The fourth-order valence-electron chi connectivity index (χ4n) is 4.38. The van der Waals surface area contributed by atoms with Crippen LogP contribution < -0.4 is 15.4 Å². The van der Waals surface area contributed by atoms with Crippen LogP contribution in [-0.4, -0.2) is 61.0 Å². The quantitative estimate of drug-likeness (QED) is 0.389. The normalized spacial score (nSPS) is 15.4. The van der Waals surface area contributed by atoms with Gasteiger partial charge in [0.1, 0.15) is 5.75 Å². The summed E-state index contributed by atoms with van der Waals surface area (Å²) in [5.41, 5.74) is 3.47. The predicted molar refractivity (Wildman–Crippen MR) is 133 cm³/mol. The summed E-state index contributed by atoms with van der Waals surface area (Å²) in [5, 5.41) is 11.5. The third-order valence-electron chi connectivity index (χ3n) is 6.13. The van der Waals surface area contributed by atoms with E-state index in [2.05, 4.69) is 56.1 Å². The fraction of sp³-hybridized carbons (Fsp3) is 0.385. The summed E-state index contributed by atoms with van der Waals surface area (Å²) < 4.78 is 7.57. The van der Waals surface area contributed by atoms with Gasteiger partial charge in [-0.15, -0.1) is 0 Å². The molecule has 2 N–H and O–H groups in total. The van der Waals surface area contributed by atoms with Crippen molar-refractivity contribution in [1.82, 2.24) is 25.3 Å². The van der Waals surface area contributed by atoms with Gasteiger partial charge in [0.05, 0.1) is 25.0 Å². The number of hydrogen-bond donors (Lipinski definition) is 2. The van der Waals surface area contributed by atoms with Gasteiger partial charge in [0, 0.05) is 31.9 Å². The molecule has 7 heteroatoms. The Morgan fingerprint density at radius 1 is 1.06 bits per heavy atom. The van der Waals surface area contributed by atoms with Gasteiger partial charge in [-0.2, -0.15) is 5.10 Å². The van der Waals surface area contributed by atoms with Crippen LogP contribution in [-0.2, 0) is 6.42 Å². The van der Waals surface area contributed by atoms with Crippen LogP contribution in [0.1, 0.15) is 30.0 Å². The number of methoxy groups -OCH3 is 1. The molecule has 1 fully saturated rings. The van der Waals surface area contributed by atoms with Crippen LogP contribution in [0.15, 0.2) is 72.0 Å². The lowest BCUT2D eigenvalue weighted by Crippen LogP contribution is -2.43. The lowest BCUT2D eigenvalue weighted by molar-refractivity contribution is 0.239. The highest BCUT2D eigenvalue weighted by Gasteiger charge is 2.26. The van der Waals surface area contributed by atoms with Crippen molar-refractivity contribution >= 4 is 5.96 Å². The maximum atomic E-state index is 5.66. The van der Waals surface area contributed by atoms with Gasteiger partial charge in [0.15, 0.2) is 5.96 Å². The summed E-state index contributed by atoms with van der Waals surface area (Å²) >= 11 is 0. The first-order valence-electron chi connectivity index (χ1n) is 11.7. The zero-order chi connectivity index (χ0) is 22.9. The van der Waals surface area contributed by atoms with E-state index in [1.54, 1.807) is 7.11 Å². The number of nitrogens with zero attached hydrogens (tertiary/aromatic N) is 4. The molecule has 2 aromatic carbocycles. The Hall–Kier alpha value is -3.32. The summed E-state index contributed by atoms with van der Waals surface area (Å²) in [5.74, 6) is 1.75. The van der Waals surface area contributed by atoms with E-state index < -0.39 is 0 Å². The first-order chi connectivity index (χ1) is 16.3. The van der Waals surface area contributed by atoms with E-state index in [-0.39, 0.29) is 6.04 Å². The number of ether oxygens (including phenoxy) is 1. The zero-order valence-electron chi connectivity index (χ0n) is 19.6. The molecule has 1 aliphatic heterocycles. The average Bonchev–Trinajstić information content (AvgIpc) is 3.57. The van der Waals surface area contributed by atoms with E-state index >= 15 is 0 Å². The molecule has 0 amide bonds. The highest BCUT2D eigenvalue weighted by Crippen LogP contribution is 2.31. The molecule has 7 nitrogen and oxygen atoms in total. The maximum Gasteiger partial charge on any atom is 0.191 e. The second-order valence-corrected chi connectivity index (χ2v) is 8.26. The second kappa shape index (κ2) is 11.5. The molecule has 1 atom stereocenters.